The van der Waals surface area contributed by atoms with Crippen LogP contribution in [-0.2, 0) is 0 Å². The molecule has 0 unspecified atom stereocenters. The molecule has 2 nitrogen and oxygen atoms in total. The fourth-order valence-corrected chi connectivity index (χ4v) is 2.25. The lowest BCUT2D eigenvalue weighted by Gasteiger charge is -2.11. The second-order valence-electron chi connectivity index (χ2n) is 4.62. The third-order valence-corrected chi connectivity index (χ3v) is 3.35. The van der Waals surface area contributed by atoms with Gasteiger partial charge in [-0.05, 0) is 29.3 Å². The molecule has 0 bridgehead atoms. The molecule has 98 valence electrons. The number of rotatable bonds is 2. The van der Waals surface area contributed by atoms with Gasteiger partial charge in [0.2, 0.25) is 0 Å². The molecular formula is C18H14O2. The average molecular weight is 262 g/mol. The summed E-state index contributed by atoms with van der Waals surface area (Å²) in [5, 5.41) is 0. The van der Waals surface area contributed by atoms with Crippen LogP contribution in [0.3, 0.4) is 0 Å². The number of ether oxygens (including phenoxy) is 1. The molecule has 2 heteroatoms. The highest BCUT2D eigenvalue weighted by molar-refractivity contribution is 6.17. The van der Waals surface area contributed by atoms with Crippen LogP contribution in [-0.4, -0.2) is 12.9 Å². The van der Waals surface area contributed by atoms with E-state index in [1.54, 1.807) is 7.11 Å². The maximum Gasteiger partial charge on any atom is 0.193 e. The normalized spacial score (nSPS) is 15.2. The number of ketones is 1. The topological polar surface area (TPSA) is 26.3 Å². The highest BCUT2D eigenvalue weighted by Crippen LogP contribution is 2.24. The molecular weight excluding hydrogens is 248 g/mol. The summed E-state index contributed by atoms with van der Waals surface area (Å²) in [7, 11) is 1.64. The van der Waals surface area contributed by atoms with Gasteiger partial charge in [0.05, 0.1) is 7.11 Å². The van der Waals surface area contributed by atoms with Gasteiger partial charge in [-0.3, -0.25) is 4.79 Å². The van der Waals surface area contributed by atoms with Crippen LogP contribution in [0.5, 0.6) is 5.75 Å². The largest absolute Gasteiger partial charge is 0.497 e. The standard InChI is InChI=1S/C18H14O2/c1-20-16-10-6-13(7-11-16)12-15-9-8-14-4-2-3-5-17(14)18(15)19/h2-12H,1H3. The van der Waals surface area contributed by atoms with E-state index in [1.807, 2.05) is 66.8 Å². The van der Waals surface area contributed by atoms with E-state index in [2.05, 4.69) is 0 Å². The summed E-state index contributed by atoms with van der Waals surface area (Å²) in [6.45, 7) is 0. The van der Waals surface area contributed by atoms with Crippen LogP contribution in [0.25, 0.3) is 12.2 Å². The summed E-state index contributed by atoms with van der Waals surface area (Å²) in [5.41, 5.74) is 3.42. The van der Waals surface area contributed by atoms with E-state index in [4.69, 9.17) is 4.74 Å². The fourth-order valence-electron chi connectivity index (χ4n) is 2.25. The number of allylic oxidation sites excluding steroid dienone is 2. The van der Waals surface area contributed by atoms with Crippen LogP contribution in [0.1, 0.15) is 21.5 Å². The fraction of sp³-hybridized carbons (Fsp3) is 0.0556. The minimum absolute atomic E-state index is 0.0684. The van der Waals surface area contributed by atoms with Crippen molar-refractivity contribution in [3.63, 3.8) is 0 Å². The second kappa shape index (κ2) is 5.17. The Balaban J connectivity index is 1.95. The van der Waals surface area contributed by atoms with E-state index in [9.17, 15) is 4.79 Å². The Morgan fingerprint density at radius 1 is 0.950 bits per heavy atom. The van der Waals surface area contributed by atoms with Gasteiger partial charge < -0.3 is 4.74 Å². The maximum atomic E-state index is 12.4. The Morgan fingerprint density at radius 3 is 2.45 bits per heavy atom. The summed E-state index contributed by atoms with van der Waals surface area (Å²) < 4.78 is 5.13. The molecule has 0 aromatic heterocycles. The molecule has 0 heterocycles. The predicted molar refractivity (Wildman–Crippen MR) is 80.8 cm³/mol. The first-order valence-electron chi connectivity index (χ1n) is 6.45. The zero-order valence-electron chi connectivity index (χ0n) is 11.2. The van der Waals surface area contributed by atoms with E-state index in [1.165, 1.54) is 0 Å². The molecule has 0 saturated carbocycles. The van der Waals surface area contributed by atoms with Crippen molar-refractivity contribution in [2.24, 2.45) is 0 Å². The van der Waals surface area contributed by atoms with Crippen molar-refractivity contribution >= 4 is 17.9 Å². The Hall–Kier alpha value is -2.61. The van der Waals surface area contributed by atoms with E-state index < -0.39 is 0 Å². The van der Waals surface area contributed by atoms with Crippen LogP contribution in [0, 0.1) is 0 Å². The highest BCUT2D eigenvalue weighted by Gasteiger charge is 2.16. The molecule has 1 aliphatic rings. The first-order chi connectivity index (χ1) is 9.78. The number of fused-ring (bicyclic) bond motifs is 1. The van der Waals surface area contributed by atoms with Crippen LogP contribution >= 0.6 is 0 Å². The number of Topliss-reactive ketones (excluding diaryl/α,β-unsaturated/α-hetero) is 1. The van der Waals surface area contributed by atoms with E-state index >= 15 is 0 Å². The molecule has 0 radical (unpaired) electrons. The molecule has 20 heavy (non-hydrogen) atoms. The Kier molecular flexibility index (Phi) is 3.21. The molecule has 0 fully saturated rings. The molecule has 3 rings (SSSR count). The molecule has 2 aromatic carbocycles. The summed E-state index contributed by atoms with van der Waals surface area (Å²) in [6.07, 6.45) is 5.75. The van der Waals surface area contributed by atoms with Crippen LogP contribution < -0.4 is 4.74 Å². The summed E-state index contributed by atoms with van der Waals surface area (Å²) in [5.74, 6) is 0.877. The third-order valence-electron chi connectivity index (χ3n) is 3.35. The van der Waals surface area contributed by atoms with Gasteiger partial charge in [-0.25, -0.2) is 0 Å². The summed E-state index contributed by atoms with van der Waals surface area (Å²) in [6, 6.07) is 15.3. The number of carbonyl (C=O) groups excluding carboxylic acids is 1. The van der Waals surface area contributed by atoms with Gasteiger partial charge in [0.15, 0.2) is 5.78 Å². The van der Waals surface area contributed by atoms with E-state index in [0.717, 1.165) is 22.4 Å². The minimum Gasteiger partial charge on any atom is -0.497 e. The minimum atomic E-state index is 0.0684. The lowest BCUT2D eigenvalue weighted by Crippen LogP contribution is -2.07. The SMILES string of the molecule is COc1ccc(C=C2C=Cc3ccccc3C2=O)cc1. The van der Waals surface area contributed by atoms with Crippen LogP contribution in [0.15, 0.2) is 60.2 Å². The van der Waals surface area contributed by atoms with Crippen molar-refractivity contribution < 1.29 is 9.53 Å². The highest BCUT2D eigenvalue weighted by atomic mass is 16.5. The first kappa shape index (κ1) is 12.4. The smallest absolute Gasteiger partial charge is 0.193 e. The molecule has 0 N–H and O–H groups in total. The zero-order valence-corrected chi connectivity index (χ0v) is 11.2. The van der Waals surface area contributed by atoms with Crippen LogP contribution in [0.4, 0.5) is 0 Å². The molecule has 0 saturated heterocycles. The van der Waals surface area contributed by atoms with Crippen molar-refractivity contribution in [2.75, 3.05) is 7.11 Å². The monoisotopic (exact) mass is 262 g/mol. The maximum absolute atomic E-state index is 12.4. The number of benzene rings is 2. The Bertz CT molecular complexity index is 706. The quantitative estimate of drug-likeness (QED) is 0.765. The van der Waals surface area contributed by atoms with Crippen molar-refractivity contribution in [3.05, 3.63) is 76.9 Å². The third kappa shape index (κ3) is 2.28. The first-order valence-corrected chi connectivity index (χ1v) is 6.45. The lowest BCUT2D eigenvalue weighted by atomic mass is 9.91. The van der Waals surface area contributed by atoms with Gasteiger partial charge in [0.25, 0.3) is 0 Å². The van der Waals surface area contributed by atoms with Gasteiger partial charge in [-0.15, -0.1) is 0 Å². The van der Waals surface area contributed by atoms with E-state index in [0.29, 0.717) is 5.57 Å². The second-order valence-corrected chi connectivity index (χ2v) is 4.62. The average Bonchev–Trinajstić information content (AvgIpc) is 2.51. The molecule has 0 aliphatic heterocycles. The molecule has 2 aromatic rings. The van der Waals surface area contributed by atoms with E-state index in [-0.39, 0.29) is 5.78 Å². The number of carbonyl (C=O) groups is 1. The number of hydrogen-bond donors (Lipinski definition) is 0. The number of methoxy groups -OCH3 is 1. The molecule has 0 atom stereocenters. The van der Waals surface area contributed by atoms with Crippen molar-refractivity contribution in [1.29, 1.82) is 0 Å². The van der Waals surface area contributed by atoms with Crippen molar-refractivity contribution in [1.82, 2.24) is 0 Å². The number of hydrogen-bond acceptors (Lipinski definition) is 2. The molecule has 0 spiro atoms. The predicted octanol–water partition coefficient (Wildman–Crippen LogP) is 3.99. The van der Waals surface area contributed by atoms with Gasteiger partial charge >= 0.3 is 0 Å². The van der Waals surface area contributed by atoms with Crippen molar-refractivity contribution in [3.8, 4) is 5.75 Å². The lowest BCUT2D eigenvalue weighted by molar-refractivity contribution is 0.103. The van der Waals surface area contributed by atoms with Crippen LogP contribution in [0.2, 0.25) is 0 Å². The Morgan fingerprint density at radius 2 is 1.70 bits per heavy atom. The van der Waals surface area contributed by atoms with Gasteiger partial charge in [0.1, 0.15) is 5.75 Å². The van der Waals surface area contributed by atoms with Gasteiger partial charge in [0, 0.05) is 11.1 Å². The molecule has 1 aliphatic carbocycles. The summed E-state index contributed by atoms with van der Waals surface area (Å²) in [4.78, 5) is 12.4. The van der Waals surface area contributed by atoms with Gasteiger partial charge in [-0.1, -0.05) is 48.6 Å². The Labute approximate surface area is 118 Å². The zero-order chi connectivity index (χ0) is 13.9. The van der Waals surface area contributed by atoms with Gasteiger partial charge in [-0.2, -0.15) is 0 Å². The van der Waals surface area contributed by atoms with Crippen molar-refractivity contribution in [2.45, 2.75) is 0 Å². The summed E-state index contributed by atoms with van der Waals surface area (Å²) >= 11 is 0. The molecule has 0 amide bonds.